The summed E-state index contributed by atoms with van der Waals surface area (Å²) in [6.45, 7) is 4.76. The van der Waals surface area contributed by atoms with Crippen molar-refractivity contribution in [2.45, 2.75) is 26.3 Å². The number of likely N-dealkylation sites (N-methyl/N-ethyl adjacent to an activating group) is 1. The van der Waals surface area contributed by atoms with Gasteiger partial charge in [0.05, 0.1) is 6.54 Å². The molecule has 0 unspecified atom stereocenters. The summed E-state index contributed by atoms with van der Waals surface area (Å²) in [6, 6.07) is 0.376. The molecular weight excluding hydrogens is 194 g/mol. The Kier molecular flexibility index (Phi) is 6.70. The summed E-state index contributed by atoms with van der Waals surface area (Å²) < 4.78 is 0. The summed E-state index contributed by atoms with van der Waals surface area (Å²) in [5.74, 6) is -0.196. The summed E-state index contributed by atoms with van der Waals surface area (Å²) in [5.41, 5.74) is 0. The highest BCUT2D eigenvalue weighted by Crippen LogP contribution is 1.82. The highest BCUT2D eigenvalue weighted by Gasteiger charge is 2.06. The van der Waals surface area contributed by atoms with Crippen molar-refractivity contribution in [3.63, 3.8) is 0 Å². The maximum Gasteiger partial charge on any atom is 0.241 e. The lowest BCUT2D eigenvalue weighted by Crippen LogP contribution is -2.37. The second-order valence-corrected chi connectivity index (χ2v) is 3.92. The average molecular weight is 215 g/mol. The van der Waals surface area contributed by atoms with Crippen LogP contribution in [0.1, 0.15) is 20.3 Å². The summed E-state index contributed by atoms with van der Waals surface area (Å²) in [5, 5.41) is 5.70. The molecule has 0 bridgehead atoms. The zero-order chi connectivity index (χ0) is 11.8. The molecule has 0 aromatic rings. The standard InChI is InChI=1S/C10H21N3O2/c1-8(2)11-6-5-9(14)12-7-10(15)13(3)4/h8,11H,5-7H2,1-4H3,(H,12,14). The molecule has 0 fully saturated rings. The van der Waals surface area contributed by atoms with Gasteiger partial charge >= 0.3 is 0 Å². The van der Waals surface area contributed by atoms with Crippen molar-refractivity contribution in [3.05, 3.63) is 0 Å². The minimum absolute atomic E-state index is 0.0769. The van der Waals surface area contributed by atoms with E-state index in [1.807, 2.05) is 13.8 Å². The van der Waals surface area contributed by atoms with E-state index in [4.69, 9.17) is 0 Å². The monoisotopic (exact) mass is 215 g/mol. The second-order valence-electron chi connectivity index (χ2n) is 3.92. The van der Waals surface area contributed by atoms with Crippen LogP contribution in [-0.2, 0) is 9.59 Å². The van der Waals surface area contributed by atoms with Crippen molar-refractivity contribution in [1.29, 1.82) is 0 Å². The van der Waals surface area contributed by atoms with Crippen LogP contribution in [0.2, 0.25) is 0 Å². The van der Waals surface area contributed by atoms with Crippen LogP contribution in [0.25, 0.3) is 0 Å². The van der Waals surface area contributed by atoms with E-state index in [0.29, 0.717) is 19.0 Å². The smallest absolute Gasteiger partial charge is 0.241 e. The maximum atomic E-state index is 11.2. The van der Waals surface area contributed by atoms with Crippen LogP contribution >= 0.6 is 0 Å². The maximum absolute atomic E-state index is 11.2. The first-order valence-corrected chi connectivity index (χ1v) is 5.13. The molecule has 0 radical (unpaired) electrons. The molecule has 5 heteroatoms. The topological polar surface area (TPSA) is 61.4 Å². The summed E-state index contributed by atoms with van der Waals surface area (Å²) in [6.07, 6.45) is 0.402. The van der Waals surface area contributed by atoms with Gasteiger partial charge in [0.2, 0.25) is 11.8 Å². The molecule has 0 aliphatic rings. The Bertz CT molecular complexity index is 215. The zero-order valence-corrected chi connectivity index (χ0v) is 9.96. The minimum atomic E-state index is -0.0987. The third kappa shape index (κ3) is 7.93. The van der Waals surface area contributed by atoms with Gasteiger partial charge in [-0.2, -0.15) is 0 Å². The van der Waals surface area contributed by atoms with E-state index in [-0.39, 0.29) is 18.4 Å². The van der Waals surface area contributed by atoms with Crippen LogP contribution in [-0.4, -0.2) is 49.9 Å². The van der Waals surface area contributed by atoms with Gasteiger partial charge in [-0.1, -0.05) is 13.8 Å². The Morgan fingerprint density at radius 3 is 2.33 bits per heavy atom. The first-order chi connectivity index (χ1) is 6.93. The predicted molar refractivity (Wildman–Crippen MR) is 59.5 cm³/mol. The van der Waals surface area contributed by atoms with Gasteiger partial charge in [0.25, 0.3) is 0 Å². The van der Waals surface area contributed by atoms with Gasteiger partial charge in [-0.15, -0.1) is 0 Å². The second kappa shape index (κ2) is 7.23. The molecule has 0 aromatic carbocycles. The Labute approximate surface area is 91.2 Å². The normalized spacial score (nSPS) is 10.2. The van der Waals surface area contributed by atoms with Crippen LogP contribution in [0.3, 0.4) is 0 Å². The molecule has 5 nitrogen and oxygen atoms in total. The molecule has 0 rings (SSSR count). The van der Waals surface area contributed by atoms with Crippen molar-refractivity contribution < 1.29 is 9.59 Å². The van der Waals surface area contributed by atoms with Crippen molar-refractivity contribution in [2.75, 3.05) is 27.2 Å². The molecule has 2 N–H and O–H groups in total. The number of rotatable bonds is 6. The van der Waals surface area contributed by atoms with Gasteiger partial charge in [0.15, 0.2) is 0 Å². The minimum Gasteiger partial charge on any atom is -0.347 e. The molecule has 0 saturated heterocycles. The molecule has 0 spiro atoms. The fourth-order valence-corrected chi connectivity index (χ4v) is 0.895. The van der Waals surface area contributed by atoms with Crippen LogP contribution < -0.4 is 10.6 Å². The van der Waals surface area contributed by atoms with Crippen molar-refractivity contribution in [1.82, 2.24) is 15.5 Å². The number of hydrogen-bond donors (Lipinski definition) is 2. The highest BCUT2D eigenvalue weighted by molar-refractivity contribution is 5.84. The lowest BCUT2D eigenvalue weighted by molar-refractivity contribution is -0.130. The summed E-state index contributed by atoms with van der Waals surface area (Å²) in [7, 11) is 3.32. The highest BCUT2D eigenvalue weighted by atomic mass is 16.2. The van der Waals surface area contributed by atoms with E-state index >= 15 is 0 Å². The third-order valence-corrected chi connectivity index (χ3v) is 1.84. The first kappa shape index (κ1) is 13.9. The Morgan fingerprint density at radius 2 is 1.87 bits per heavy atom. The average Bonchev–Trinajstić information content (AvgIpc) is 2.13. The van der Waals surface area contributed by atoms with E-state index in [1.165, 1.54) is 4.90 Å². The summed E-state index contributed by atoms with van der Waals surface area (Å²) in [4.78, 5) is 23.8. The molecular formula is C10H21N3O2. The lowest BCUT2D eigenvalue weighted by atomic mass is 10.3. The number of amides is 2. The van der Waals surface area contributed by atoms with Crippen LogP contribution in [0.5, 0.6) is 0 Å². The fraction of sp³-hybridized carbons (Fsp3) is 0.800. The van der Waals surface area contributed by atoms with Crippen LogP contribution in [0, 0.1) is 0 Å². The van der Waals surface area contributed by atoms with Gasteiger partial charge in [0.1, 0.15) is 0 Å². The van der Waals surface area contributed by atoms with E-state index in [0.717, 1.165) is 0 Å². The van der Waals surface area contributed by atoms with Gasteiger partial charge in [-0.3, -0.25) is 9.59 Å². The summed E-state index contributed by atoms with van der Waals surface area (Å²) >= 11 is 0. The molecule has 0 aromatic heterocycles. The number of nitrogens with one attached hydrogen (secondary N) is 2. The molecule has 0 atom stereocenters. The fourth-order valence-electron chi connectivity index (χ4n) is 0.895. The predicted octanol–water partition coefficient (Wildman–Crippen LogP) is -0.421. The van der Waals surface area contributed by atoms with Gasteiger partial charge < -0.3 is 15.5 Å². The quantitative estimate of drug-likeness (QED) is 0.632. The number of carbonyl (C=O) groups is 2. The molecule has 2 amide bonds. The van der Waals surface area contributed by atoms with Crippen molar-refractivity contribution in [3.8, 4) is 0 Å². The Hall–Kier alpha value is -1.10. The van der Waals surface area contributed by atoms with Gasteiger partial charge in [-0.05, 0) is 0 Å². The Balaban J connectivity index is 3.54. The van der Waals surface area contributed by atoms with E-state index < -0.39 is 0 Å². The SMILES string of the molecule is CC(C)NCCC(=O)NCC(=O)N(C)C. The van der Waals surface area contributed by atoms with E-state index in [1.54, 1.807) is 14.1 Å². The largest absolute Gasteiger partial charge is 0.347 e. The third-order valence-electron chi connectivity index (χ3n) is 1.84. The zero-order valence-electron chi connectivity index (χ0n) is 9.96. The number of nitrogens with zero attached hydrogens (tertiary/aromatic N) is 1. The van der Waals surface area contributed by atoms with Gasteiger partial charge in [0, 0.05) is 33.1 Å². The van der Waals surface area contributed by atoms with Crippen molar-refractivity contribution in [2.24, 2.45) is 0 Å². The molecule has 0 saturated carbocycles. The molecule has 0 aliphatic heterocycles. The van der Waals surface area contributed by atoms with E-state index in [9.17, 15) is 9.59 Å². The number of hydrogen-bond acceptors (Lipinski definition) is 3. The van der Waals surface area contributed by atoms with Crippen LogP contribution in [0.15, 0.2) is 0 Å². The molecule has 0 aliphatic carbocycles. The molecule has 15 heavy (non-hydrogen) atoms. The Morgan fingerprint density at radius 1 is 1.27 bits per heavy atom. The molecule has 0 heterocycles. The first-order valence-electron chi connectivity index (χ1n) is 5.13. The number of carbonyl (C=O) groups excluding carboxylic acids is 2. The van der Waals surface area contributed by atoms with Crippen LogP contribution in [0.4, 0.5) is 0 Å². The lowest BCUT2D eigenvalue weighted by Gasteiger charge is -2.11. The van der Waals surface area contributed by atoms with Gasteiger partial charge in [-0.25, -0.2) is 0 Å². The van der Waals surface area contributed by atoms with E-state index in [2.05, 4.69) is 10.6 Å². The van der Waals surface area contributed by atoms with Crippen molar-refractivity contribution >= 4 is 11.8 Å². The molecule has 88 valence electrons.